The topological polar surface area (TPSA) is 29.1 Å². The van der Waals surface area contributed by atoms with Crippen molar-refractivity contribution < 1.29 is 4.79 Å². The predicted octanol–water partition coefficient (Wildman–Crippen LogP) is 5.26. The highest BCUT2D eigenvalue weighted by molar-refractivity contribution is 9.10. The van der Waals surface area contributed by atoms with Crippen molar-refractivity contribution in [2.75, 3.05) is 0 Å². The number of hydrogen-bond acceptors (Lipinski definition) is 1. The summed E-state index contributed by atoms with van der Waals surface area (Å²) in [5, 5.41) is 2.88. The minimum absolute atomic E-state index is 0.0105. The molecule has 0 bridgehead atoms. The summed E-state index contributed by atoms with van der Waals surface area (Å²) in [4.78, 5) is 12.0. The van der Waals surface area contributed by atoms with Crippen molar-refractivity contribution in [3.8, 4) is 0 Å². The van der Waals surface area contributed by atoms with Gasteiger partial charge in [-0.15, -0.1) is 0 Å². The average molecular weight is 372 g/mol. The largest absolute Gasteiger partial charge is 0.333 e. The second-order valence-corrected chi connectivity index (χ2v) is 7.44. The maximum Gasteiger partial charge on any atom is 0.229 e. The number of carbonyl (C=O) groups is 1. The summed E-state index contributed by atoms with van der Waals surface area (Å²) in [6.07, 6.45) is 3.79. The molecule has 0 aliphatic rings. The van der Waals surface area contributed by atoms with Crippen LogP contribution in [0.2, 0.25) is 0 Å². The van der Waals surface area contributed by atoms with E-state index < -0.39 is 5.41 Å². The van der Waals surface area contributed by atoms with Gasteiger partial charge in [-0.2, -0.15) is 0 Å². The number of rotatable bonds is 4. The lowest BCUT2D eigenvalue weighted by Gasteiger charge is -2.17. The molecule has 0 spiro atoms. The molecule has 1 N–H and O–H groups in total. The molecule has 120 valence electrons. The first-order valence-corrected chi connectivity index (χ1v) is 8.45. The molecule has 2 nitrogen and oxygen atoms in total. The molecule has 0 aromatic heterocycles. The smallest absolute Gasteiger partial charge is 0.229 e. The first-order chi connectivity index (χ1) is 10.9. The van der Waals surface area contributed by atoms with Crippen LogP contribution in [0.1, 0.15) is 37.8 Å². The molecule has 0 saturated heterocycles. The number of halogens is 1. The van der Waals surface area contributed by atoms with Crippen LogP contribution in [0.5, 0.6) is 0 Å². The number of nitrogens with one attached hydrogen (secondary N) is 1. The Hall–Kier alpha value is -1.87. The monoisotopic (exact) mass is 371 g/mol. The van der Waals surface area contributed by atoms with E-state index in [2.05, 4.69) is 45.5 Å². The van der Waals surface area contributed by atoms with Gasteiger partial charge in [0.25, 0.3) is 0 Å². The van der Waals surface area contributed by atoms with Crippen molar-refractivity contribution in [1.29, 1.82) is 0 Å². The van der Waals surface area contributed by atoms with Crippen LogP contribution >= 0.6 is 15.9 Å². The summed E-state index contributed by atoms with van der Waals surface area (Å²) in [6.45, 7) is 5.71. The van der Waals surface area contributed by atoms with Crippen LogP contribution in [-0.4, -0.2) is 5.91 Å². The van der Waals surface area contributed by atoms with E-state index in [1.807, 2.05) is 57.2 Å². The van der Waals surface area contributed by atoms with Gasteiger partial charge in [0.1, 0.15) is 0 Å². The zero-order valence-electron chi connectivity index (χ0n) is 13.7. The summed E-state index contributed by atoms with van der Waals surface area (Å²) < 4.78 is 1.05. The first-order valence-electron chi connectivity index (χ1n) is 7.66. The molecule has 0 aliphatic heterocycles. The molecule has 23 heavy (non-hydrogen) atoms. The molecule has 2 rings (SSSR count). The Balaban J connectivity index is 2.24. The molecule has 2 aromatic rings. The van der Waals surface area contributed by atoms with E-state index in [-0.39, 0.29) is 11.8 Å². The molecule has 0 saturated carbocycles. The molecule has 1 amide bonds. The molecule has 0 radical (unpaired) electrons. The van der Waals surface area contributed by atoms with E-state index in [0.717, 1.165) is 4.47 Å². The maximum absolute atomic E-state index is 12.0. The van der Waals surface area contributed by atoms with Crippen molar-refractivity contribution in [1.82, 2.24) is 5.32 Å². The third-order valence-electron chi connectivity index (χ3n) is 3.57. The van der Waals surface area contributed by atoms with E-state index in [9.17, 15) is 4.79 Å². The normalized spacial score (nSPS) is 13.0. The second kappa shape index (κ2) is 7.60. The van der Waals surface area contributed by atoms with Gasteiger partial charge in [0.15, 0.2) is 0 Å². The van der Waals surface area contributed by atoms with E-state index in [4.69, 9.17) is 0 Å². The average Bonchev–Trinajstić information content (AvgIpc) is 2.52. The first kappa shape index (κ1) is 17.5. The molecular formula is C20H22BrNO. The van der Waals surface area contributed by atoms with Crippen LogP contribution in [0.15, 0.2) is 71.3 Å². The van der Waals surface area contributed by atoms with E-state index in [1.165, 1.54) is 11.1 Å². The van der Waals surface area contributed by atoms with Crippen LogP contribution in [0.4, 0.5) is 0 Å². The Bertz CT molecular complexity index is 669. The Morgan fingerprint density at radius 3 is 2.13 bits per heavy atom. The van der Waals surface area contributed by atoms with E-state index in [1.54, 1.807) is 6.20 Å². The molecule has 0 aliphatic carbocycles. The van der Waals surface area contributed by atoms with Crippen molar-refractivity contribution >= 4 is 21.8 Å². The minimum Gasteiger partial charge on any atom is -0.333 e. The number of benzene rings is 2. The van der Waals surface area contributed by atoms with E-state index in [0.29, 0.717) is 0 Å². The van der Waals surface area contributed by atoms with Crippen LogP contribution in [0.3, 0.4) is 0 Å². The van der Waals surface area contributed by atoms with Crippen LogP contribution in [0, 0.1) is 5.41 Å². The Morgan fingerprint density at radius 2 is 1.57 bits per heavy atom. The maximum atomic E-state index is 12.0. The molecule has 1 unspecified atom stereocenters. The van der Waals surface area contributed by atoms with Crippen molar-refractivity contribution in [2.45, 2.75) is 26.7 Å². The quantitative estimate of drug-likeness (QED) is 0.780. The molecule has 1 atom stereocenters. The molecule has 0 fully saturated rings. The lowest BCUT2D eigenvalue weighted by Crippen LogP contribution is -2.31. The molecule has 3 heteroatoms. The van der Waals surface area contributed by atoms with Gasteiger partial charge < -0.3 is 5.32 Å². The zero-order valence-corrected chi connectivity index (χ0v) is 15.3. The summed E-state index contributed by atoms with van der Waals surface area (Å²) in [6, 6.07) is 18.5. The number of hydrogen-bond donors (Lipinski definition) is 1. The Kier molecular flexibility index (Phi) is 5.78. The van der Waals surface area contributed by atoms with Gasteiger partial charge in [-0.05, 0) is 23.3 Å². The van der Waals surface area contributed by atoms with Crippen molar-refractivity contribution in [3.63, 3.8) is 0 Å². The van der Waals surface area contributed by atoms with Crippen molar-refractivity contribution in [2.24, 2.45) is 5.41 Å². The van der Waals surface area contributed by atoms with Gasteiger partial charge in [0, 0.05) is 22.0 Å². The highest BCUT2D eigenvalue weighted by atomic mass is 79.9. The molecule has 2 aromatic carbocycles. The SMILES string of the molecule is CC(C)(C)C(=O)N/C=C/C(c1ccccc1)c1ccc(Br)cc1. The highest BCUT2D eigenvalue weighted by Crippen LogP contribution is 2.27. The van der Waals surface area contributed by atoms with Gasteiger partial charge in [0.05, 0.1) is 0 Å². The summed E-state index contributed by atoms with van der Waals surface area (Å²) in [7, 11) is 0. The van der Waals surface area contributed by atoms with E-state index >= 15 is 0 Å². The van der Waals surface area contributed by atoms with Crippen molar-refractivity contribution in [3.05, 3.63) is 82.5 Å². The molecular weight excluding hydrogens is 350 g/mol. The fraction of sp³-hybridized carbons (Fsp3) is 0.250. The Labute approximate surface area is 146 Å². The third kappa shape index (κ3) is 5.07. The second-order valence-electron chi connectivity index (χ2n) is 6.52. The van der Waals surface area contributed by atoms with Gasteiger partial charge in [-0.3, -0.25) is 4.79 Å². The summed E-state index contributed by atoms with van der Waals surface area (Å²) in [5.74, 6) is 0.112. The number of allylic oxidation sites excluding steroid dienone is 1. The lowest BCUT2D eigenvalue weighted by molar-refractivity contribution is -0.127. The predicted molar refractivity (Wildman–Crippen MR) is 99.2 cm³/mol. The number of amides is 1. The van der Waals surface area contributed by atoms with Gasteiger partial charge in [-0.1, -0.05) is 85.2 Å². The lowest BCUT2D eigenvalue weighted by atomic mass is 9.91. The fourth-order valence-corrected chi connectivity index (χ4v) is 2.45. The third-order valence-corrected chi connectivity index (χ3v) is 4.10. The highest BCUT2D eigenvalue weighted by Gasteiger charge is 2.20. The minimum atomic E-state index is -0.399. The van der Waals surface area contributed by atoms with Gasteiger partial charge in [0.2, 0.25) is 5.91 Å². The van der Waals surface area contributed by atoms with Crippen LogP contribution in [-0.2, 0) is 4.79 Å². The summed E-state index contributed by atoms with van der Waals surface area (Å²) >= 11 is 3.47. The summed E-state index contributed by atoms with van der Waals surface area (Å²) in [5.41, 5.74) is 1.97. The molecule has 0 heterocycles. The Morgan fingerprint density at radius 1 is 1.00 bits per heavy atom. The standard InChI is InChI=1S/C20H22BrNO/c1-20(2,3)19(23)22-14-13-18(15-7-5-4-6-8-15)16-9-11-17(21)12-10-16/h4-14,18H,1-3H3,(H,22,23)/b14-13+. The van der Waals surface area contributed by atoms with Gasteiger partial charge in [-0.25, -0.2) is 0 Å². The van der Waals surface area contributed by atoms with Crippen LogP contribution < -0.4 is 5.32 Å². The van der Waals surface area contributed by atoms with Gasteiger partial charge >= 0.3 is 0 Å². The van der Waals surface area contributed by atoms with Crippen LogP contribution in [0.25, 0.3) is 0 Å². The zero-order chi connectivity index (χ0) is 16.9. The number of carbonyl (C=O) groups excluding carboxylic acids is 1. The fourth-order valence-electron chi connectivity index (χ4n) is 2.18.